The van der Waals surface area contributed by atoms with Crippen molar-refractivity contribution in [1.82, 2.24) is 4.90 Å². The summed E-state index contributed by atoms with van der Waals surface area (Å²) in [6, 6.07) is 4.63. The maximum absolute atomic E-state index is 13.7. The number of nitrogens with two attached hydrogens (primary N) is 1. The molecule has 1 heterocycles. The quantitative estimate of drug-likeness (QED) is 0.100. The number of amides is 1. The Bertz CT molecular complexity index is 1340. The van der Waals surface area contributed by atoms with Gasteiger partial charge in [-0.25, -0.2) is 4.79 Å². The average Bonchev–Trinajstić information content (AvgIpc) is 3.28. The Hall–Kier alpha value is -3.84. The standard InChI is InChI=1S/C28H32F6N6O2/c1-16(2)42-26(41)39-9-5-8-23(22-12-18-6-4-7-19(18)13-24(22)39)40(25(37-35)38-36-3)15-17-10-20(27(29,30)31)14-21(11-17)28(32,33)34/h10-14,16,23H,4-9,15,35H2,1-3H3. The van der Waals surface area contributed by atoms with Crippen molar-refractivity contribution in [2.75, 3.05) is 18.5 Å². The first-order valence-corrected chi connectivity index (χ1v) is 13.5. The number of azo groups is 1. The van der Waals surface area contributed by atoms with Crippen LogP contribution in [0.1, 0.15) is 72.5 Å². The molecule has 2 aromatic rings. The number of ether oxygens (including phenoxy) is 1. The van der Waals surface area contributed by atoms with Crippen LogP contribution in [0.3, 0.4) is 0 Å². The van der Waals surface area contributed by atoms with Gasteiger partial charge in [-0.3, -0.25) is 4.90 Å². The van der Waals surface area contributed by atoms with Crippen molar-refractivity contribution >= 4 is 17.7 Å². The third kappa shape index (κ3) is 6.79. The SMILES string of the molecule is CN=NC(=NN)N(Cc1cc(C(F)(F)F)cc(C(F)(F)F)c1)C1CCCN(C(=O)OC(C)C)c2cc3c(cc21)CCC3. The van der Waals surface area contributed by atoms with Crippen molar-refractivity contribution in [1.29, 1.82) is 0 Å². The van der Waals surface area contributed by atoms with E-state index in [9.17, 15) is 31.1 Å². The molecule has 0 saturated carbocycles. The zero-order valence-corrected chi connectivity index (χ0v) is 23.4. The Morgan fingerprint density at radius 1 is 1.02 bits per heavy atom. The minimum Gasteiger partial charge on any atom is -0.446 e. The molecule has 8 nitrogen and oxygen atoms in total. The van der Waals surface area contributed by atoms with Crippen LogP contribution in [0.15, 0.2) is 45.7 Å². The van der Waals surface area contributed by atoms with E-state index in [0.717, 1.165) is 30.4 Å². The predicted octanol–water partition coefficient (Wildman–Crippen LogP) is 7.21. The van der Waals surface area contributed by atoms with Crippen molar-refractivity contribution < 1.29 is 35.9 Å². The molecule has 1 atom stereocenters. The lowest BCUT2D eigenvalue weighted by Crippen LogP contribution is -2.35. The van der Waals surface area contributed by atoms with Crippen LogP contribution < -0.4 is 10.7 Å². The van der Waals surface area contributed by atoms with E-state index in [2.05, 4.69) is 15.3 Å². The lowest BCUT2D eigenvalue weighted by molar-refractivity contribution is -0.143. The molecule has 42 heavy (non-hydrogen) atoms. The first kappa shape index (κ1) is 31.1. The summed E-state index contributed by atoms with van der Waals surface area (Å²) in [4.78, 5) is 16.1. The van der Waals surface area contributed by atoms with Gasteiger partial charge in [0, 0.05) is 20.1 Å². The Morgan fingerprint density at radius 3 is 2.19 bits per heavy atom. The zero-order valence-electron chi connectivity index (χ0n) is 23.4. The molecule has 0 saturated heterocycles. The Labute approximate surface area is 239 Å². The number of fused-ring (bicyclic) bond motifs is 2. The summed E-state index contributed by atoms with van der Waals surface area (Å²) in [5, 5.41) is 11.4. The van der Waals surface area contributed by atoms with E-state index in [-0.39, 0.29) is 30.2 Å². The van der Waals surface area contributed by atoms with Gasteiger partial charge >= 0.3 is 18.4 Å². The van der Waals surface area contributed by atoms with Gasteiger partial charge in [0.15, 0.2) is 0 Å². The fourth-order valence-electron chi connectivity index (χ4n) is 5.50. The van der Waals surface area contributed by atoms with E-state index < -0.39 is 42.2 Å². The summed E-state index contributed by atoms with van der Waals surface area (Å²) in [5.74, 6) is 5.46. The maximum Gasteiger partial charge on any atom is 0.416 e. The van der Waals surface area contributed by atoms with E-state index >= 15 is 0 Å². The Morgan fingerprint density at radius 2 is 1.64 bits per heavy atom. The molecule has 0 radical (unpaired) electrons. The lowest BCUT2D eigenvalue weighted by Gasteiger charge is -2.33. The number of hydrogen-bond acceptors (Lipinski definition) is 5. The highest BCUT2D eigenvalue weighted by Gasteiger charge is 2.38. The number of hydrogen-bond donors (Lipinski definition) is 1. The number of carbonyl (C=O) groups excluding carboxylic acids is 1. The Balaban J connectivity index is 1.88. The van der Waals surface area contributed by atoms with Crippen LogP contribution in [0, 0.1) is 0 Å². The number of halogens is 6. The van der Waals surface area contributed by atoms with E-state index in [1.165, 1.54) is 16.8 Å². The second-order valence-electron chi connectivity index (χ2n) is 10.5. The number of anilines is 1. The van der Waals surface area contributed by atoms with E-state index in [1.807, 2.05) is 12.1 Å². The molecule has 1 unspecified atom stereocenters. The highest BCUT2D eigenvalue weighted by Crippen LogP contribution is 2.42. The number of carbonyl (C=O) groups is 1. The number of nitrogens with zero attached hydrogens (tertiary/aromatic N) is 5. The first-order valence-electron chi connectivity index (χ1n) is 13.5. The van der Waals surface area contributed by atoms with Gasteiger partial charge in [0.05, 0.1) is 29.0 Å². The monoisotopic (exact) mass is 598 g/mol. The number of hydrazone groups is 1. The first-order chi connectivity index (χ1) is 19.7. The van der Waals surface area contributed by atoms with E-state index in [1.54, 1.807) is 13.8 Å². The molecule has 4 rings (SSSR count). The Kier molecular flexibility index (Phi) is 9.02. The van der Waals surface area contributed by atoms with Gasteiger partial charge in [-0.2, -0.15) is 31.5 Å². The maximum atomic E-state index is 13.7. The van der Waals surface area contributed by atoms with E-state index in [0.29, 0.717) is 36.2 Å². The van der Waals surface area contributed by atoms with Crippen LogP contribution in [0.5, 0.6) is 0 Å². The summed E-state index contributed by atoms with van der Waals surface area (Å²) in [5.41, 5.74) is 0.182. The molecule has 1 amide bonds. The average molecular weight is 599 g/mol. The number of aryl methyl sites for hydroxylation is 2. The van der Waals surface area contributed by atoms with Gasteiger partial charge in [0.1, 0.15) is 0 Å². The fraction of sp³-hybridized carbons (Fsp3) is 0.500. The van der Waals surface area contributed by atoms with Crippen molar-refractivity contribution in [3.63, 3.8) is 0 Å². The van der Waals surface area contributed by atoms with Crippen molar-refractivity contribution in [3.05, 3.63) is 63.7 Å². The second-order valence-corrected chi connectivity index (χ2v) is 10.5. The molecule has 0 fully saturated rings. The minimum atomic E-state index is -5.01. The van der Waals surface area contributed by atoms with Gasteiger partial charge in [0.2, 0.25) is 0 Å². The number of guanidine groups is 1. The normalized spacial score (nSPS) is 17.8. The summed E-state index contributed by atoms with van der Waals surface area (Å²) in [7, 11) is 1.34. The molecule has 228 valence electrons. The summed E-state index contributed by atoms with van der Waals surface area (Å²) >= 11 is 0. The predicted molar refractivity (Wildman–Crippen MR) is 144 cm³/mol. The molecule has 1 aliphatic carbocycles. The summed E-state index contributed by atoms with van der Waals surface area (Å²) in [6.07, 6.45) is -7.64. The number of rotatable bonds is 4. The molecular formula is C28H32F6N6O2. The van der Waals surface area contributed by atoms with Crippen molar-refractivity contribution in [2.24, 2.45) is 21.2 Å². The van der Waals surface area contributed by atoms with Crippen LogP contribution >= 0.6 is 0 Å². The smallest absolute Gasteiger partial charge is 0.416 e. The van der Waals surface area contributed by atoms with Crippen molar-refractivity contribution in [3.8, 4) is 0 Å². The fourth-order valence-corrected chi connectivity index (χ4v) is 5.50. The molecule has 2 aliphatic rings. The van der Waals surface area contributed by atoms with Gasteiger partial charge in [-0.15, -0.1) is 10.2 Å². The molecule has 2 aromatic carbocycles. The van der Waals surface area contributed by atoms with Crippen LogP contribution in [0.2, 0.25) is 0 Å². The van der Waals surface area contributed by atoms with Gasteiger partial charge in [-0.05, 0) is 92.5 Å². The lowest BCUT2D eigenvalue weighted by atomic mass is 9.95. The molecular weight excluding hydrogens is 566 g/mol. The largest absolute Gasteiger partial charge is 0.446 e. The summed E-state index contributed by atoms with van der Waals surface area (Å²) in [6.45, 7) is 3.30. The molecule has 0 bridgehead atoms. The molecule has 14 heteroatoms. The highest BCUT2D eigenvalue weighted by atomic mass is 19.4. The van der Waals surface area contributed by atoms with Crippen molar-refractivity contribution in [2.45, 2.75) is 77.0 Å². The van der Waals surface area contributed by atoms with Gasteiger partial charge in [0.25, 0.3) is 5.96 Å². The third-order valence-corrected chi connectivity index (χ3v) is 7.25. The topological polar surface area (TPSA) is 95.9 Å². The summed E-state index contributed by atoms with van der Waals surface area (Å²) < 4.78 is 87.4. The molecule has 1 aliphatic heterocycles. The highest BCUT2D eigenvalue weighted by molar-refractivity contribution is 5.90. The number of alkyl halides is 6. The molecule has 0 spiro atoms. The van der Waals surface area contributed by atoms with Crippen LogP contribution in [-0.4, -0.2) is 36.6 Å². The van der Waals surface area contributed by atoms with Crippen LogP contribution in [0.4, 0.5) is 36.8 Å². The zero-order chi connectivity index (χ0) is 30.8. The van der Waals surface area contributed by atoms with Crippen LogP contribution in [-0.2, 0) is 36.5 Å². The minimum absolute atomic E-state index is 0.0833. The van der Waals surface area contributed by atoms with Gasteiger partial charge < -0.3 is 15.5 Å². The van der Waals surface area contributed by atoms with Crippen LogP contribution in [0.25, 0.3) is 0 Å². The third-order valence-electron chi connectivity index (χ3n) is 7.25. The number of benzene rings is 2. The second kappa shape index (κ2) is 12.2. The van der Waals surface area contributed by atoms with E-state index in [4.69, 9.17) is 10.6 Å². The molecule has 0 aromatic heterocycles. The van der Waals surface area contributed by atoms with Gasteiger partial charge in [-0.1, -0.05) is 6.07 Å². The molecule has 2 N–H and O–H groups in total.